The summed E-state index contributed by atoms with van der Waals surface area (Å²) < 4.78 is 5.14. The van der Waals surface area contributed by atoms with Crippen LogP contribution in [0.4, 0.5) is 0 Å². The van der Waals surface area contributed by atoms with Gasteiger partial charge in [0, 0.05) is 28.7 Å². The van der Waals surface area contributed by atoms with Gasteiger partial charge in [0.25, 0.3) is 0 Å². The second-order valence-electron chi connectivity index (χ2n) is 5.61. The Labute approximate surface area is 152 Å². The van der Waals surface area contributed by atoms with Gasteiger partial charge in [-0.1, -0.05) is 30.3 Å². The topological polar surface area (TPSA) is 61.4 Å². The first kappa shape index (κ1) is 17.0. The molecular formula is C19H20N4OS. The lowest BCUT2D eigenvalue weighted by molar-refractivity contribution is 0.414. The Bertz CT molecular complexity index is 899. The average molecular weight is 352 g/mol. The van der Waals surface area contributed by atoms with Crippen molar-refractivity contribution < 1.29 is 4.74 Å². The number of nitrogens with zero attached hydrogens (tertiary/aromatic N) is 1. The van der Waals surface area contributed by atoms with Crippen molar-refractivity contribution >= 4 is 34.4 Å². The van der Waals surface area contributed by atoms with Crippen molar-refractivity contribution in [2.24, 2.45) is 5.10 Å². The maximum Gasteiger partial charge on any atom is 0.187 e. The van der Waals surface area contributed by atoms with Gasteiger partial charge in [0.1, 0.15) is 5.75 Å². The van der Waals surface area contributed by atoms with Crippen molar-refractivity contribution in [1.29, 1.82) is 0 Å². The third kappa shape index (κ3) is 4.16. The molecule has 128 valence electrons. The second-order valence-corrected chi connectivity index (χ2v) is 6.02. The minimum atomic E-state index is 0.476. The first-order valence-electron chi connectivity index (χ1n) is 7.94. The number of ether oxygens (including phenoxy) is 1. The van der Waals surface area contributed by atoms with Crippen molar-refractivity contribution in [2.75, 3.05) is 7.11 Å². The Morgan fingerprint density at radius 1 is 1.20 bits per heavy atom. The van der Waals surface area contributed by atoms with Gasteiger partial charge in [0.15, 0.2) is 5.11 Å². The summed E-state index contributed by atoms with van der Waals surface area (Å²) in [6.45, 7) is 2.65. The highest BCUT2D eigenvalue weighted by Crippen LogP contribution is 2.19. The molecule has 3 aromatic rings. The highest BCUT2D eigenvalue weighted by atomic mass is 32.1. The van der Waals surface area contributed by atoms with Crippen molar-refractivity contribution in [3.63, 3.8) is 0 Å². The van der Waals surface area contributed by atoms with E-state index in [0.717, 1.165) is 33.5 Å². The average Bonchev–Trinajstić information content (AvgIpc) is 2.96. The van der Waals surface area contributed by atoms with Gasteiger partial charge < -0.3 is 15.0 Å². The van der Waals surface area contributed by atoms with E-state index < -0.39 is 0 Å². The molecular weight excluding hydrogens is 332 g/mol. The zero-order valence-electron chi connectivity index (χ0n) is 14.2. The number of hydrogen-bond acceptors (Lipinski definition) is 3. The monoisotopic (exact) mass is 352 g/mol. The van der Waals surface area contributed by atoms with Crippen molar-refractivity contribution in [3.05, 3.63) is 65.4 Å². The summed E-state index contributed by atoms with van der Waals surface area (Å²) in [5.74, 6) is 0.836. The Morgan fingerprint density at radius 2 is 1.96 bits per heavy atom. The lowest BCUT2D eigenvalue weighted by Crippen LogP contribution is -2.31. The number of H-pyrrole nitrogens is 1. The SMILES string of the molecule is COc1ccc(CNC(=S)N/N=C/c2c(C)[nH]c3ccccc23)cc1. The van der Waals surface area contributed by atoms with E-state index >= 15 is 0 Å². The molecule has 25 heavy (non-hydrogen) atoms. The van der Waals surface area contributed by atoms with E-state index in [9.17, 15) is 0 Å². The Hall–Kier alpha value is -2.86. The minimum absolute atomic E-state index is 0.476. The van der Waals surface area contributed by atoms with Crippen LogP contribution in [-0.2, 0) is 6.54 Å². The van der Waals surface area contributed by atoms with Crippen LogP contribution in [0.2, 0.25) is 0 Å². The lowest BCUT2D eigenvalue weighted by Gasteiger charge is -2.07. The molecule has 0 amide bonds. The molecule has 0 radical (unpaired) electrons. The predicted molar refractivity (Wildman–Crippen MR) is 106 cm³/mol. The van der Waals surface area contributed by atoms with Crippen LogP contribution in [0.1, 0.15) is 16.8 Å². The number of hydrazone groups is 1. The first-order valence-corrected chi connectivity index (χ1v) is 8.35. The zero-order valence-corrected chi connectivity index (χ0v) is 15.0. The van der Waals surface area contributed by atoms with E-state index in [1.165, 1.54) is 0 Å². The summed E-state index contributed by atoms with van der Waals surface area (Å²) in [6, 6.07) is 16.0. The molecule has 0 aliphatic rings. The Balaban J connectivity index is 1.56. The summed E-state index contributed by atoms with van der Waals surface area (Å²) in [4.78, 5) is 3.34. The standard InChI is InChI=1S/C19H20N4OS/c1-13-17(16-5-3-4-6-18(16)22-13)12-21-23-19(25)20-11-14-7-9-15(24-2)10-8-14/h3-10,12,22H,11H2,1-2H3,(H2,20,23,25)/b21-12+. The van der Waals surface area contributed by atoms with Crippen LogP contribution in [0.15, 0.2) is 53.6 Å². The highest BCUT2D eigenvalue weighted by Gasteiger charge is 2.05. The highest BCUT2D eigenvalue weighted by molar-refractivity contribution is 7.80. The predicted octanol–water partition coefficient (Wildman–Crippen LogP) is 3.48. The molecule has 2 aromatic carbocycles. The van der Waals surface area contributed by atoms with Crippen molar-refractivity contribution in [3.8, 4) is 5.75 Å². The van der Waals surface area contributed by atoms with Crippen LogP contribution in [0.3, 0.4) is 0 Å². The third-order valence-electron chi connectivity index (χ3n) is 3.92. The van der Waals surface area contributed by atoms with Crippen molar-refractivity contribution in [1.82, 2.24) is 15.7 Å². The largest absolute Gasteiger partial charge is 0.497 e. The molecule has 3 N–H and O–H groups in total. The fourth-order valence-electron chi connectivity index (χ4n) is 2.59. The maximum absolute atomic E-state index is 5.26. The molecule has 0 atom stereocenters. The van der Waals surface area contributed by atoms with Gasteiger partial charge >= 0.3 is 0 Å². The smallest absolute Gasteiger partial charge is 0.187 e. The lowest BCUT2D eigenvalue weighted by atomic mass is 10.1. The first-order chi connectivity index (χ1) is 12.2. The molecule has 0 saturated carbocycles. The minimum Gasteiger partial charge on any atom is -0.497 e. The number of aryl methyl sites for hydroxylation is 1. The summed E-state index contributed by atoms with van der Waals surface area (Å²) in [6.07, 6.45) is 1.79. The number of fused-ring (bicyclic) bond motifs is 1. The number of para-hydroxylation sites is 1. The van der Waals surface area contributed by atoms with Crippen LogP contribution in [0.25, 0.3) is 10.9 Å². The fourth-order valence-corrected chi connectivity index (χ4v) is 2.71. The van der Waals surface area contributed by atoms with Crippen LogP contribution >= 0.6 is 12.2 Å². The van der Waals surface area contributed by atoms with E-state index in [1.54, 1.807) is 13.3 Å². The number of methoxy groups -OCH3 is 1. The van der Waals surface area contributed by atoms with Crippen LogP contribution in [0.5, 0.6) is 5.75 Å². The molecule has 0 saturated heterocycles. The van der Waals surface area contributed by atoms with E-state index in [4.69, 9.17) is 17.0 Å². The molecule has 0 aliphatic heterocycles. The van der Waals surface area contributed by atoms with Gasteiger partial charge in [-0.3, -0.25) is 5.43 Å². The molecule has 6 heteroatoms. The van der Waals surface area contributed by atoms with Crippen LogP contribution in [-0.4, -0.2) is 23.4 Å². The van der Waals surface area contributed by atoms with Gasteiger partial charge in [-0.05, 0) is 42.9 Å². The number of hydrogen-bond donors (Lipinski definition) is 3. The Kier molecular flexibility index (Phi) is 5.30. The number of aromatic nitrogens is 1. The van der Waals surface area contributed by atoms with Gasteiger partial charge in [0.05, 0.1) is 13.3 Å². The summed E-state index contributed by atoms with van der Waals surface area (Å²) in [5, 5.41) is 8.99. The molecule has 0 spiro atoms. The van der Waals surface area contributed by atoms with E-state index in [-0.39, 0.29) is 0 Å². The quantitative estimate of drug-likeness (QED) is 0.374. The van der Waals surface area contributed by atoms with E-state index in [2.05, 4.69) is 26.9 Å². The van der Waals surface area contributed by atoms with E-state index in [0.29, 0.717) is 11.7 Å². The number of benzene rings is 2. The summed E-state index contributed by atoms with van der Waals surface area (Å²) in [5.41, 5.74) is 7.20. The molecule has 0 aliphatic carbocycles. The molecule has 0 fully saturated rings. The number of thiocarbonyl (C=S) groups is 1. The van der Waals surface area contributed by atoms with Crippen LogP contribution < -0.4 is 15.5 Å². The summed E-state index contributed by atoms with van der Waals surface area (Å²) in [7, 11) is 1.65. The van der Waals surface area contributed by atoms with Gasteiger partial charge in [-0.15, -0.1) is 0 Å². The number of nitrogens with one attached hydrogen (secondary N) is 3. The number of aromatic amines is 1. The van der Waals surface area contributed by atoms with Crippen molar-refractivity contribution in [2.45, 2.75) is 13.5 Å². The second kappa shape index (κ2) is 7.81. The van der Waals surface area contributed by atoms with Crippen LogP contribution in [0, 0.1) is 6.92 Å². The molecule has 0 bridgehead atoms. The molecule has 1 heterocycles. The fraction of sp³-hybridized carbons (Fsp3) is 0.158. The maximum atomic E-state index is 5.26. The molecule has 0 unspecified atom stereocenters. The van der Waals surface area contributed by atoms with Gasteiger partial charge in [-0.2, -0.15) is 5.10 Å². The Morgan fingerprint density at radius 3 is 2.72 bits per heavy atom. The van der Waals surface area contributed by atoms with Gasteiger partial charge in [-0.25, -0.2) is 0 Å². The molecule has 1 aromatic heterocycles. The summed E-state index contributed by atoms with van der Waals surface area (Å²) >= 11 is 5.26. The zero-order chi connectivity index (χ0) is 17.6. The van der Waals surface area contributed by atoms with E-state index in [1.807, 2.05) is 49.4 Å². The van der Waals surface area contributed by atoms with Gasteiger partial charge in [0.2, 0.25) is 0 Å². The number of rotatable bonds is 5. The normalized spacial score (nSPS) is 11.0. The molecule has 3 rings (SSSR count). The molecule has 5 nitrogen and oxygen atoms in total. The third-order valence-corrected chi connectivity index (χ3v) is 4.15.